The number of nitrogens with zero attached hydrogens (tertiary/aromatic N) is 3. The van der Waals surface area contributed by atoms with Crippen LogP contribution in [0.15, 0.2) is 36.9 Å². The molecule has 130 valence electrons. The molecule has 2 aromatic heterocycles. The fraction of sp³-hybridized carbons (Fsp3) is 0.188. The third-order valence-electron chi connectivity index (χ3n) is 3.44. The van der Waals surface area contributed by atoms with Crippen LogP contribution in [0, 0.1) is 12.7 Å². The topological polar surface area (TPSA) is 101 Å². The molecule has 9 heteroatoms. The minimum absolute atomic E-state index is 0.0521. The van der Waals surface area contributed by atoms with E-state index in [1.54, 1.807) is 19.1 Å². The molecule has 0 radical (unpaired) electrons. The number of anilines is 2. The minimum atomic E-state index is -0.584. The molecule has 0 unspecified atom stereocenters. The van der Waals surface area contributed by atoms with Gasteiger partial charge in [0.05, 0.1) is 42.5 Å². The van der Waals surface area contributed by atoms with E-state index in [0.717, 1.165) is 5.56 Å². The third-order valence-corrected chi connectivity index (χ3v) is 3.44. The molecule has 0 aliphatic heterocycles. The number of aliphatic hydroxyl groups excluding tert-OH is 1. The highest BCUT2D eigenvalue weighted by molar-refractivity contribution is 6.03. The molecule has 3 rings (SSSR count). The van der Waals surface area contributed by atoms with Crippen LogP contribution >= 0.6 is 0 Å². The number of carbonyl (C=O) groups excluding carboxylic acids is 1. The molecule has 0 aliphatic rings. The van der Waals surface area contributed by atoms with E-state index in [9.17, 15) is 9.18 Å². The lowest BCUT2D eigenvalue weighted by Gasteiger charge is -2.14. The molecule has 0 saturated heterocycles. The van der Waals surface area contributed by atoms with Crippen LogP contribution in [0.25, 0.3) is 5.52 Å². The van der Waals surface area contributed by atoms with Gasteiger partial charge in [0, 0.05) is 0 Å². The number of nitrogens with one attached hydrogen (secondary N) is 2. The molecule has 1 amide bonds. The molecular formula is C16H16FN5O3. The first kappa shape index (κ1) is 16.8. The highest BCUT2D eigenvalue weighted by Crippen LogP contribution is 2.27. The Morgan fingerprint density at radius 3 is 3.00 bits per heavy atom. The Morgan fingerprint density at radius 2 is 2.24 bits per heavy atom. The highest BCUT2D eigenvalue weighted by Gasteiger charge is 2.18. The molecule has 2 heterocycles. The van der Waals surface area contributed by atoms with Gasteiger partial charge < -0.3 is 10.4 Å². The van der Waals surface area contributed by atoms with Crippen LogP contribution in [-0.4, -0.2) is 38.8 Å². The van der Waals surface area contributed by atoms with Crippen molar-refractivity contribution in [2.45, 2.75) is 6.92 Å². The Hall–Kier alpha value is -3.04. The van der Waals surface area contributed by atoms with Gasteiger partial charge in [0.2, 0.25) is 0 Å². The molecule has 3 aromatic rings. The molecule has 25 heavy (non-hydrogen) atoms. The average Bonchev–Trinajstić information content (AvgIpc) is 3.06. The summed E-state index contributed by atoms with van der Waals surface area (Å²) in [6.45, 7) is 1.50. The first-order chi connectivity index (χ1) is 12.1. The van der Waals surface area contributed by atoms with Gasteiger partial charge >= 0.3 is 0 Å². The lowest BCUT2D eigenvalue weighted by Crippen LogP contribution is -2.26. The number of rotatable bonds is 6. The number of aryl methyl sites for hydroxylation is 1. The van der Waals surface area contributed by atoms with Gasteiger partial charge in [-0.2, -0.15) is 5.10 Å². The van der Waals surface area contributed by atoms with E-state index in [4.69, 9.17) is 9.94 Å². The summed E-state index contributed by atoms with van der Waals surface area (Å²) in [5, 5.41) is 15.7. The Kier molecular flexibility index (Phi) is 4.87. The van der Waals surface area contributed by atoms with Crippen molar-refractivity contribution >= 4 is 22.8 Å². The zero-order valence-corrected chi connectivity index (χ0v) is 13.4. The first-order valence-corrected chi connectivity index (χ1v) is 7.47. The van der Waals surface area contributed by atoms with Gasteiger partial charge in [0.1, 0.15) is 17.7 Å². The molecule has 0 bridgehead atoms. The van der Waals surface area contributed by atoms with Gasteiger partial charge in [-0.15, -0.1) is 0 Å². The summed E-state index contributed by atoms with van der Waals surface area (Å²) in [6.07, 6.45) is 4.30. The predicted molar refractivity (Wildman–Crippen MR) is 87.9 cm³/mol. The molecule has 1 aromatic carbocycles. The van der Waals surface area contributed by atoms with Crippen LogP contribution in [0.3, 0.4) is 0 Å². The largest absolute Gasteiger partial charge is 0.394 e. The molecular weight excluding hydrogens is 329 g/mol. The second-order valence-electron chi connectivity index (χ2n) is 5.27. The number of aliphatic hydroxyl groups is 1. The average molecular weight is 345 g/mol. The van der Waals surface area contributed by atoms with Crippen molar-refractivity contribution in [2.24, 2.45) is 0 Å². The lowest BCUT2D eigenvalue weighted by atomic mass is 10.2. The van der Waals surface area contributed by atoms with Gasteiger partial charge in [-0.1, -0.05) is 6.07 Å². The van der Waals surface area contributed by atoms with E-state index in [0.29, 0.717) is 11.2 Å². The van der Waals surface area contributed by atoms with Gasteiger partial charge in [-0.3, -0.25) is 9.63 Å². The number of amides is 1. The zero-order valence-electron chi connectivity index (χ0n) is 13.4. The van der Waals surface area contributed by atoms with Crippen LogP contribution in [-0.2, 0) is 4.84 Å². The summed E-state index contributed by atoms with van der Waals surface area (Å²) < 4.78 is 15.6. The number of hydroxylamine groups is 1. The Morgan fingerprint density at radius 1 is 1.40 bits per heavy atom. The second kappa shape index (κ2) is 7.24. The van der Waals surface area contributed by atoms with Crippen molar-refractivity contribution in [2.75, 3.05) is 18.5 Å². The Labute approximate surface area is 142 Å². The SMILES string of the molecule is Cc1ccc(Nc2c(C(=O)NOCCO)cnn3cncc23)c(F)c1. The quantitative estimate of drug-likeness (QED) is 0.463. The summed E-state index contributed by atoms with van der Waals surface area (Å²) in [5.74, 6) is -1.03. The number of carbonyl (C=O) groups is 1. The van der Waals surface area contributed by atoms with Crippen LogP contribution in [0.4, 0.5) is 15.8 Å². The van der Waals surface area contributed by atoms with Crippen molar-refractivity contribution in [3.05, 3.63) is 53.9 Å². The highest BCUT2D eigenvalue weighted by atomic mass is 19.1. The maximum atomic E-state index is 14.2. The summed E-state index contributed by atoms with van der Waals surface area (Å²) in [4.78, 5) is 21.1. The predicted octanol–water partition coefficient (Wildman–Crippen LogP) is 1.57. The standard InChI is InChI=1S/C16H16FN5O3/c1-10-2-3-13(12(17)6-10)20-15-11(16(24)21-25-5-4-23)7-19-22-9-18-8-14(15)22/h2-3,6-9,20,23H,4-5H2,1H3,(H,21,24). The van der Waals surface area contributed by atoms with Crippen LogP contribution in [0.5, 0.6) is 0 Å². The summed E-state index contributed by atoms with van der Waals surface area (Å²) in [7, 11) is 0. The fourth-order valence-corrected chi connectivity index (χ4v) is 2.26. The Bertz CT molecular complexity index is 912. The van der Waals surface area contributed by atoms with Crippen molar-refractivity contribution in [1.29, 1.82) is 0 Å². The molecule has 0 spiro atoms. The van der Waals surface area contributed by atoms with E-state index in [1.165, 1.54) is 29.3 Å². The normalized spacial score (nSPS) is 10.8. The maximum Gasteiger partial charge on any atom is 0.278 e. The second-order valence-corrected chi connectivity index (χ2v) is 5.27. The molecule has 0 saturated carbocycles. The van der Waals surface area contributed by atoms with Crippen molar-refractivity contribution in [3.8, 4) is 0 Å². The summed E-state index contributed by atoms with van der Waals surface area (Å²) >= 11 is 0. The van der Waals surface area contributed by atoms with Gasteiger partial charge in [0.15, 0.2) is 0 Å². The van der Waals surface area contributed by atoms with Crippen molar-refractivity contribution < 1.29 is 19.1 Å². The Balaban J connectivity index is 2.00. The number of hydrogen-bond donors (Lipinski definition) is 3. The molecule has 3 N–H and O–H groups in total. The molecule has 0 fully saturated rings. The molecule has 0 atom stereocenters. The zero-order chi connectivity index (χ0) is 17.8. The molecule has 8 nitrogen and oxygen atoms in total. The molecule has 0 aliphatic carbocycles. The van der Waals surface area contributed by atoms with E-state index >= 15 is 0 Å². The van der Waals surface area contributed by atoms with Crippen molar-refractivity contribution in [1.82, 2.24) is 20.1 Å². The van der Waals surface area contributed by atoms with Crippen LogP contribution in [0.2, 0.25) is 0 Å². The maximum absolute atomic E-state index is 14.2. The minimum Gasteiger partial charge on any atom is -0.394 e. The van der Waals surface area contributed by atoms with E-state index in [2.05, 4.69) is 20.9 Å². The number of benzene rings is 1. The van der Waals surface area contributed by atoms with Crippen molar-refractivity contribution in [3.63, 3.8) is 0 Å². The van der Waals surface area contributed by atoms with Gasteiger partial charge in [0.25, 0.3) is 5.91 Å². The van der Waals surface area contributed by atoms with E-state index in [-0.39, 0.29) is 24.5 Å². The summed E-state index contributed by atoms with van der Waals surface area (Å²) in [6, 6.07) is 4.73. The summed E-state index contributed by atoms with van der Waals surface area (Å²) in [5.41, 5.74) is 4.17. The van der Waals surface area contributed by atoms with Crippen LogP contribution < -0.4 is 10.8 Å². The number of hydrogen-bond acceptors (Lipinski definition) is 6. The lowest BCUT2D eigenvalue weighted by molar-refractivity contribution is 0.0168. The monoisotopic (exact) mass is 345 g/mol. The van der Waals surface area contributed by atoms with Gasteiger partial charge in [-0.05, 0) is 24.6 Å². The first-order valence-electron chi connectivity index (χ1n) is 7.47. The number of fused-ring (bicyclic) bond motifs is 1. The third kappa shape index (κ3) is 3.57. The van der Waals surface area contributed by atoms with Crippen LogP contribution in [0.1, 0.15) is 15.9 Å². The van der Waals surface area contributed by atoms with Gasteiger partial charge in [-0.25, -0.2) is 19.4 Å². The van der Waals surface area contributed by atoms with E-state index in [1.807, 2.05) is 0 Å². The smallest absolute Gasteiger partial charge is 0.278 e. The number of imidazole rings is 1. The van der Waals surface area contributed by atoms with E-state index < -0.39 is 11.7 Å². The number of halogens is 1. The fourth-order valence-electron chi connectivity index (χ4n) is 2.26. The number of aromatic nitrogens is 3.